The van der Waals surface area contributed by atoms with Gasteiger partial charge in [0.25, 0.3) is 5.91 Å². The smallest absolute Gasteiger partial charge is 0.253 e. The molecular weight excluding hydrogens is 328 g/mol. The molecule has 3 nitrogen and oxygen atoms in total. The zero-order chi connectivity index (χ0) is 14.6. The summed E-state index contributed by atoms with van der Waals surface area (Å²) in [6.07, 6.45) is 6.69. The van der Waals surface area contributed by atoms with E-state index in [1.807, 2.05) is 12.1 Å². The Morgan fingerprint density at radius 2 is 1.71 bits per heavy atom. The maximum atomic E-state index is 12.6. The molecule has 4 saturated carbocycles. The molecule has 1 amide bonds. The highest BCUT2D eigenvalue weighted by Crippen LogP contribution is 2.53. The summed E-state index contributed by atoms with van der Waals surface area (Å²) in [5.74, 6) is 3.25. The van der Waals surface area contributed by atoms with Gasteiger partial charge in [0.15, 0.2) is 0 Å². The van der Waals surface area contributed by atoms with E-state index in [0.717, 1.165) is 16.3 Å². The number of carbonyl (C=O) groups excluding carboxylic acids is 1. The van der Waals surface area contributed by atoms with Crippen LogP contribution in [0, 0.1) is 23.7 Å². The normalized spacial score (nSPS) is 36.7. The van der Waals surface area contributed by atoms with Crippen molar-refractivity contribution < 1.29 is 4.79 Å². The molecule has 4 aliphatic carbocycles. The molecule has 0 unspecified atom stereocenters. The number of hydrogen-bond acceptors (Lipinski definition) is 2. The van der Waals surface area contributed by atoms with E-state index in [0.29, 0.717) is 29.1 Å². The van der Waals surface area contributed by atoms with Gasteiger partial charge in [-0.1, -0.05) is 15.9 Å². The van der Waals surface area contributed by atoms with Crippen molar-refractivity contribution in [2.75, 3.05) is 5.73 Å². The van der Waals surface area contributed by atoms with Gasteiger partial charge in [0.05, 0.1) is 5.56 Å². The van der Waals surface area contributed by atoms with Crippen LogP contribution in [0.2, 0.25) is 0 Å². The molecule has 4 heteroatoms. The van der Waals surface area contributed by atoms with Crippen LogP contribution in [0.25, 0.3) is 0 Å². The summed E-state index contributed by atoms with van der Waals surface area (Å²) in [5.41, 5.74) is 7.13. The predicted octanol–water partition coefficient (Wildman–Crippen LogP) is 3.59. The van der Waals surface area contributed by atoms with Crippen molar-refractivity contribution in [1.82, 2.24) is 5.32 Å². The van der Waals surface area contributed by atoms with Gasteiger partial charge in [0.1, 0.15) is 0 Å². The number of nitrogens with two attached hydrogens (primary N) is 1. The molecule has 0 radical (unpaired) electrons. The van der Waals surface area contributed by atoms with Crippen molar-refractivity contribution >= 4 is 27.5 Å². The van der Waals surface area contributed by atoms with Crippen LogP contribution in [0.4, 0.5) is 5.69 Å². The Morgan fingerprint density at radius 3 is 2.29 bits per heavy atom. The largest absolute Gasteiger partial charge is 0.398 e. The summed E-state index contributed by atoms with van der Waals surface area (Å²) in [7, 11) is 0. The Hall–Kier alpha value is -1.03. The van der Waals surface area contributed by atoms with Gasteiger partial charge in [-0.3, -0.25) is 4.79 Å². The highest BCUT2D eigenvalue weighted by atomic mass is 79.9. The summed E-state index contributed by atoms with van der Waals surface area (Å²) < 4.78 is 0.908. The molecule has 4 bridgehead atoms. The first-order valence-corrected chi connectivity index (χ1v) is 8.75. The SMILES string of the molecule is Nc1cc(Br)ccc1C(=O)NC1C2CC3CC(C2)CC1C3. The maximum Gasteiger partial charge on any atom is 0.253 e. The molecule has 0 aromatic heterocycles. The molecule has 0 saturated heterocycles. The van der Waals surface area contributed by atoms with Crippen molar-refractivity contribution in [3.63, 3.8) is 0 Å². The summed E-state index contributed by atoms with van der Waals surface area (Å²) in [6, 6.07) is 5.85. The first-order chi connectivity index (χ1) is 10.1. The first kappa shape index (κ1) is 13.6. The number of hydrogen-bond donors (Lipinski definition) is 2. The second-order valence-corrected chi connectivity index (χ2v) is 8.08. The molecule has 3 N–H and O–H groups in total. The lowest BCUT2D eigenvalue weighted by Crippen LogP contribution is -2.55. The Balaban J connectivity index is 1.52. The summed E-state index contributed by atoms with van der Waals surface area (Å²) in [6.45, 7) is 0. The molecule has 0 atom stereocenters. The minimum Gasteiger partial charge on any atom is -0.398 e. The molecule has 4 fully saturated rings. The van der Waals surface area contributed by atoms with Crippen LogP contribution in [-0.4, -0.2) is 11.9 Å². The first-order valence-electron chi connectivity index (χ1n) is 7.96. The number of nitrogens with one attached hydrogen (secondary N) is 1. The summed E-state index contributed by atoms with van der Waals surface area (Å²) in [4.78, 5) is 12.6. The van der Waals surface area contributed by atoms with Crippen LogP contribution in [0.3, 0.4) is 0 Å². The molecular formula is C17H21BrN2O. The zero-order valence-corrected chi connectivity index (χ0v) is 13.6. The van der Waals surface area contributed by atoms with Gasteiger partial charge in [-0.2, -0.15) is 0 Å². The van der Waals surface area contributed by atoms with Crippen LogP contribution in [-0.2, 0) is 0 Å². The third kappa shape index (κ3) is 2.37. The lowest BCUT2D eigenvalue weighted by Gasteiger charge is -2.54. The maximum absolute atomic E-state index is 12.6. The number of rotatable bonds is 2. The second kappa shape index (κ2) is 5.01. The predicted molar refractivity (Wildman–Crippen MR) is 86.9 cm³/mol. The highest BCUT2D eigenvalue weighted by Gasteiger charge is 2.48. The van der Waals surface area contributed by atoms with Gasteiger partial charge >= 0.3 is 0 Å². The molecule has 1 aromatic carbocycles. The number of halogens is 1. The van der Waals surface area contributed by atoms with Gasteiger partial charge in [-0.25, -0.2) is 0 Å². The third-order valence-electron chi connectivity index (χ3n) is 5.78. The fourth-order valence-corrected chi connectivity index (χ4v) is 5.51. The van der Waals surface area contributed by atoms with Gasteiger partial charge < -0.3 is 11.1 Å². The van der Waals surface area contributed by atoms with E-state index < -0.39 is 0 Å². The number of benzene rings is 1. The van der Waals surface area contributed by atoms with Crippen LogP contribution in [0.15, 0.2) is 22.7 Å². The topological polar surface area (TPSA) is 55.1 Å². The minimum absolute atomic E-state index is 0.00234. The lowest BCUT2D eigenvalue weighted by molar-refractivity contribution is -0.0119. The highest BCUT2D eigenvalue weighted by molar-refractivity contribution is 9.10. The van der Waals surface area contributed by atoms with Gasteiger partial charge in [-0.15, -0.1) is 0 Å². The van der Waals surface area contributed by atoms with E-state index >= 15 is 0 Å². The quantitative estimate of drug-likeness (QED) is 0.802. The number of carbonyl (C=O) groups is 1. The molecule has 0 aliphatic heterocycles. The molecule has 4 aliphatic rings. The van der Waals surface area contributed by atoms with E-state index in [2.05, 4.69) is 21.2 Å². The van der Waals surface area contributed by atoms with Crippen LogP contribution in [0.5, 0.6) is 0 Å². The second-order valence-electron chi connectivity index (χ2n) is 7.16. The van der Waals surface area contributed by atoms with E-state index in [1.165, 1.54) is 32.1 Å². The van der Waals surface area contributed by atoms with Crippen molar-refractivity contribution in [2.24, 2.45) is 23.7 Å². The van der Waals surface area contributed by atoms with Crippen molar-refractivity contribution in [3.05, 3.63) is 28.2 Å². The third-order valence-corrected chi connectivity index (χ3v) is 6.28. The Bertz CT molecular complexity index is 558. The van der Waals surface area contributed by atoms with E-state index in [9.17, 15) is 4.79 Å². The molecule has 112 valence electrons. The van der Waals surface area contributed by atoms with E-state index in [-0.39, 0.29) is 5.91 Å². The van der Waals surface area contributed by atoms with E-state index in [1.54, 1.807) is 6.07 Å². The van der Waals surface area contributed by atoms with Crippen molar-refractivity contribution in [2.45, 2.75) is 38.1 Å². The number of nitrogen functional groups attached to an aromatic ring is 1. The molecule has 5 rings (SSSR count). The monoisotopic (exact) mass is 348 g/mol. The Labute approximate surface area is 133 Å². The number of amides is 1. The summed E-state index contributed by atoms with van der Waals surface area (Å²) >= 11 is 3.38. The minimum atomic E-state index is -0.00234. The number of anilines is 1. The average Bonchev–Trinajstić information content (AvgIpc) is 2.41. The molecule has 0 heterocycles. The lowest BCUT2D eigenvalue weighted by atomic mass is 9.54. The Morgan fingerprint density at radius 1 is 1.10 bits per heavy atom. The van der Waals surface area contributed by atoms with Crippen LogP contribution in [0.1, 0.15) is 42.5 Å². The van der Waals surface area contributed by atoms with Crippen molar-refractivity contribution in [1.29, 1.82) is 0 Å². The molecule has 0 spiro atoms. The van der Waals surface area contributed by atoms with Gasteiger partial charge in [0, 0.05) is 16.2 Å². The molecule has 1 aromatic rings. The Kier molecular flexibility index (Phi) is 3.25. The summed E-state index contributed by atoms with van der Waals surface area (Å²) in [5, 5.41) is 3.30. The fraction of sp³-hybridized carbons (Fsp3) is 0.588. The average molecular weight is 349 g/mol. The van der Waals surface area contributed by atoms with Crippen molar-refractivity contribution in [3.8, 4) is 0 Å². The standard InChI is InChI=1S/C17H21BrN2O/c18-13-1-2-14(15(19)8-13)17(21)20-16-11-4-9-3-10(6-11)7-12(16)5-9/h1-2,8-12,16H,3-7,19H2,(H,20,21). The van der Waals surface area contributed by atoms with Crippen LogP contribution < -0.4 is 11.1 Å². The zero-order valence-electron chi connectivity index (χ0n) is 12.0. The van der Waals surface area contributed by atoms with Gasteiger partial charge in [0.2, 0.25) is 0 Å². The van der Waals surface area contributed by atoms with Crippen LogP contribution >= 0.6 is 15.9 Å². The van der Waals surface area contributed by atoms with E-state index in [4.69, 9.17) is 5.73 Å². The molecule has 21 heavy (non-hydrogen) atoms. The fourth-order valence-electron chi connectivity index (χ4n) is 5.13. The van der Waals surface area contributed by atoms with Gasteiger partial charge in [-0.05, 0) is 74.0 Å².